The van der Waals surface area contributed by atoms with Gasteiger partial charge in [-0.2, -0.15) is 0 Å². The molecule has 0 aromatic heterocycles. The van der Waals surface area contributed by atoms with Gasteiger partial charge in [0.1, 0.15) is 0 Å². The van der Waals surface area contributed by atoms with Crippen LogP contribution in [0.25, 0.3) is 33.4 Å². The van der Waals surface area contributed by atoms with E-state index in [4.69, 9.17) is 0 Å². The number of hydrogen-bond acceptors (Lipinski definition) is 4. The third-order valence-corrected chi connectivity index (χ3v) is 22.9. The van der Waals surface area contributed by atoms with Gasteiger partial charge in [-0.1, -0.05) is 241 Å². The lowest BCUT2D eigenvalue weighted by Crippen LogP contribution is -2.28. The monoisotopic (exact) mass is 1260 g/mol. The summed E-state index contributed by atoms with van der Waals surface area (Å²) in [4.78, 5) is 9.94. The average Bonchev–Trinajstić information content (AvgIpc) is 1.53. The van der Waals surface area contributed by atoms with Gasteiger partial charge < -0.3 is 9.80 Å². The number of aryl methyl sites for hydroxylation is 6. The second-order valence-corrected chi connectivity index (χ2v) is 28.6. The van der Waals surface area contributed by atoms with Crippen molar-refractivity contribution in [3.63, 3.8) is 0 Å². The van der Waals surface area contributed by atoms with E-state index in [1.807, 2.05) is 23.5 Å². The van der Waals surface area contributed by atoms with Crippen LogP contribution in [0.4, 0.5) is 34.1 Å². The lowest BCUT2D eigenvalue weighted by Gasteiger charge is -2.35. The predicted octanol–water partition coefficient (Wildman–Crippen LogP) is 24.1. The largest absolute Gasteiger partial charge is 0.310 e. The fourth-order valence-electron chi connectivity index (χ4n) is 15.9. The van der Waals surface area contributed by atoms with Gasteiger partial charge in [-0.15, -0.1) is 0 Å². The van der Waals surface area contributed by atoms with Gasteiger partial charge in [0, 0.05) is 53.7 Å². The van der Waals surface area contributed by atoms with E-state index in [2.05, 4.69) is 351 Å². The second-order valence-electron chi connectivity index (χ2n) is 26.3. The van der Waals surface area contributed by atoms with E-state index in [1.165, 1.54) is 145 Å². The molecule has 0 aliphatic heterocycles. The first-order chi connectivity index (χ1) is 47.3. The molecule has 2 nitrogen and oxygen atoms in total. The van der Waals surface area contributed by atoms with E-state index in [-0.39, 0.29) is 0 Å². The Morgan fingerprint density at radius 3 is 0.917 bits per heavy atom. The van der Waals surface area contributed by atoms with Crippen molar-refractivity contribution in [2.45, 2.75) is 69.9 Å². The molecule has 0 N–H and O–H groups in total. The van der Waals surface area contributed by atoms with Crippen molar-refractivity contribution < 1.29 is 0 Å². The summed E-state index contributed by atoms with van der Waals surface area (Å²) in [6.07, 6.45) is 4.75. The molecule has 14 aromatic carbocycles. The molecule has 0 radical (unpaired) electrons. The number of rotatable bonds is 15. The Morgan fingerprint density at radius 2 is 0.552 bits per heavy atom. The lowest BCUT2D eigenvalue weighted by molar-refractivity contribution is 0.766. The highest BCUT2D eigenvalue weighted by Gasteiger charge is 2.48. The van der Waals surface area contributed by atoms with Crippen LogP contribution in [0.1, 0.15) is 77.9 Å². The second kappa shape index (κ2) is 23.7. The molecule has 0 fully saturated rings. The highest BCUT2D eigenvalue weighted by molar-refractivity contribution is 7.99. The summed E-state index contributed by atoms with van der Waals surface area (Å²) < 4.78 is 0. The van der Waals surface area contributed by atoms with Crippen LogP contribution < -0.4 is 9.80 Å². The third kappa shape index (κ3) is 9.71. The number of fused-ring (bicyclic) bond motifs is 8. The minimum atomic E-state index is -0.572. The van der Waals surface area contributed by atoms with Crippen molar-refractivity contribution in [1.29, 1.82) is 0 Å². The first-order valence-corrected chi connectivity index (χ1v) is 35.3. The summed E-state index contributed by atoms with van der Waals surface area (Å²) in [5.41, 5.74) is 31.4. The summed E-state index contributed by atoms with van der Waals surface area (Å²) in [6.45, 7) is 4.37. The fraction of sp³-hybridized carbons (Fsp3) is 0.0870. The summed E-state index contributed by atoms with van der Waals surface area (Å²) in [7, 11) is 0. The molecule has 2 unspecified atom stereocenters. The van der Waals surface area contributed by atoms with Crippen molar-refractivity contribution in [2.75, 3.05) is 9.80 Å². The van der Waals surface area contributed by atoms with Gasteiger partial charge in [0.15, 0.2) is 0 Å². The van der Waals surface area contributed by atoms with E-state index >= 15 is 0 Å². The van der Waals surface area contributed by atoms with E-state index < -0.39 is 10.8 Å². The molecule has 14 aromatic rings. The number of nitrogens with zero attached hydrogens (tertiary/aromatic N) is 2. The maximum atomic E-state index is 2.48. The van der Waals surface area contributed by atoms with E-state index in [0.717, 1.165) is 45.3 Å². The van der Waals surface area contributed by atoms with Gasteiger partial charge in [-0.05, 0) is 261 Å². The molecule has 4 heteroatoms. The minimum Gasteiger partial charge on any atom is -0.310 e. The molecule has 458 valence electrons. The van der Waals surface area contributed by atoms with Crippen LogP contribution in [0.5, 0.6) is 0 Å². The van der Waals surface area contributed by atoms with Crippen molar-refractivity contribution in [3.8, 4) is 33.4 Å². The van der Waals surface area contributed by atoms with Crippen LogP contribution in [0.2, 0.25) is 0 Å². The Balaban J connectivity index is 0.698. The number of benzene rings is 14. The smallest absolute Gasteiger partial charge is 0.0714 e. The Labute approximate surface area is 572 Å². The van der Waals surface area contributed by atoms with E-state index in [9.17, 15) is 0 Å². The quantitative estimate of drug-likeness (QED) is 0.101. The predicted molar refractivity (Wildman–Crippen MR) is 401 cm³/mol. The number of para-hydroxylation sites is 2. The standard InChI is InChI=1S/C92H68N2S2/c1-61-21-35-69(36-22-61)91(71-39-51-79(52-40-71)95-81-49-33-65-25-27-67(65)57-81)87-19-11-9-17-83(87)85-55-47-77(59-89(85)91)93(73-13-5-3-6-14-73)75-43-29-63(30-44-75)64-31-45-76(46-32-64)94(74-15-7-4-8-16-74)78-48-56-86-84-18-10-12-20-88(84)92(90(86)60-78,70-37-23-62(2)24-38-70)72-41-53-80(54-42-72)96-82-50-34-66-26-28-68(66)58-82/h3-24,29-60H,25-28H2,1-2H3. The maximum Gasteiger partial charge on any atom is 0.0714 e. The molecule has 0 saturated heterocycles. The van der Waals surface area contributed by atoms with Gasteiger partial charge in [-0.25, -0.2) is 0 Å². The van der Waals surface area contributed by atoms with E-state index in [1.54, 1.807) is 0 Å². The molecule has 2 atom stereocenters. The third-order valence-electron chi connectivity index (χ3n) is 20.9. The first-order valence-electron chi connectivity index (χ1n) is 33.7. The molecule has 18 rings (SSSR count). The molecule has 96 heavy (non-hydrogen) atoms. The SMILES string of the molecule is Cc1ccc(C2(c3ccc(Sc4ccc5c(c4)CC5)cc3)c3ccccc3-c3ccc(N(c4ccccc4)c4ccc(-c5ccc(N(c6ccccc6)c6ccc7c(c6)C(c6ccc(C)cc6)(c6ccc(Sc8ccc9c(c8)CC9)cc6)c6ccccc6-7)cc5)cc4)cc32)cc1. The van der Waals surface area contributed by atoms with Crippen LogP contribution in [0, 0.1) is 13.8 Å². The van der Waals surface area contributed by atoms with Gasteiger partial charge in [0.05, 0.1) is 10.8 Å². The van der Waals surface area contributed by atoms with E-state index in [0.29, 0.717) is 0 Å². The zero-order chi connectivity index (χ0) is 63.9. The van der Waals surface area contributed by atoms with Gasteiger partial charge >= 0.3 is 0 Å². The summed E-state index contributed by atoms with van der Waals surface area (Å²) in [5.74, 6) is 0. The summed E-state index contributed by atoms with van der Waals surface area (Å²) in [5, 5.41) is 0. The van der Waals surface area contributed by atoms with Crippen LogP contribution in [-0.2, 0) is 36.5 Å². The number of hydrogen-bond donors (Lipinski definition) is 0. The summed E-state index contributed by atoms with van der Waals surface area (Å²) >= 11 is 3.71. The normalized spacial score (nSPS) is 15.8. The Morgan fingerprint density at radius 1 is 0.240 bits per heavy atom. The van der Waals surface area contributed by atoms with Gasteiger partial charge in [0.2, 0.25) is 0 Å². The van der Waals surface area contributed by atoms with Crippen molar-refractivity contribution in [2.24, 2.45) is 0 Å². The molecule has 0 amide bonds. The maximum absolute atomic E-state index is 2.48. The molecular formula is C92H68N2S2. The fourth-order valence-corrected chi connectivity index (χ4v) is 17.7. The molecule has 0 heterocycles. The molecule has 0 bridgehead atoms. The van der Waals surface area contributed by atoms with Crippen LogP contribution in [-0.4, -0.2) is 0 Å². The van der Waals surface area contributed by atoms with Crippen molar-refractivity contribution in [1.82, 2.24) is 0 Å². The highest BCUT2D eigenvalue weighted by Crippen LogP contribution is 2.60. The molecular weight excluding hydrogens is 1200 g/mol. The minimum absolute atomic E-state index is 0.572. The van der Waals surface area contributed by atoms with Crippen molar-refractivity contribution in [3.05, 3.63) is 405 Å². The molecule has 4 aliphatic carbocycles. The lowest BCUT2D eigenvalue weighted by atomic mass is 9.67. The molecule has 0 saturated carbocycles. The Kier molecular flexibility index (Phi) is 14.3. The van der Waals surface area contributed by atoms with Crippen LogP contribution >= 0.6 is 23.5 Å². The van der Waals surface area contributed by atoms with Crippen molar-refractivity contribution >= 4 is 57.6 Å². The zero-order valence-corrected chi connectivity index (χ0v) is 55.3. The average molecular weight is 1270 g/mol. The van der Waals surface area contributed by atoms with Gasteiger partial charge in [-0.3, -0.25) is 0 Å². The Hall–Kier alpha value is -10.6. The zero-order valence-electron chi connectivity index (χ0n) is 53.7. The highest BCUT2D eigenvalue weighted by atomic mass is 32.2. The molecule has 4 aliphatic rings. The van der Waals surface area contributed by atoms with Crippen LogP contribution in [0.15, 0.2) is 347 Å². The topological polar surface area (TPSA) is 6.48 Å². The Bertz CT molecular complexity index is 4940. The van der Waals surface area contributed by atoms with Crippen LogP contribution in [0.3, 0.4) is 0 Å². The summed E-state index contributed by atoms with van der Waals surface area (Å²) in [6, 6.07) is 124. The number of anilines is 6. The first kappa shape index (κ1) is 58.0. The molecule has 0 spiro atoms. The van der Waals surface area contributed by atoms with Gasteiger partial charge in [0.25, 0.3) is 0 Å².